The lowest BCUT2D eigenvalue weighted by atomic mass is 9.95. The van der Waals surface area contributed by atoms with Crippen LogP contribution in [0.1, 0.15) is 44.4 Å². The lowest BCUT2D eigenvalue weighted by Crippen LogP contribution is -2.43. The first kappa shape index (κ1) is 17.7. The molecule has 1 amide bonds. The average Bonchev–Trinajstić information content (AvgIpc) is 3.00. The third-order valence-corrected chi connectivity index (χ3v) is 4.07. The fourth-order valence-corrected chi connectivity index (χ4v) is 2.62. The summed E-state index contributed by atoms with van der Waals surface area (Å²) < 4.78 is 41.6. The van der Waals surface area contributed by atoms with Crippen LogP contribution in [0.2, 0.25) is 0 Å². The summed E-state index contributed by atoms with van der Waals surface area (Å²) in [6.45, 7) is 3.82. The first-order valence-corrected chi connectivity index (χ1v) is 7.71. The molecular weight excluding hydrogens is 313 g/mol. The smallest absolute Gasteiger partial charge is 0.347 e. The highest BCUT2D eigenvalue weighted by atomic mass is 19.4. The van der Waals surface area contributed by atoms with E-state index in [0.29, 0.717) is 44.1 Å². The van der Waals surface area contributed by atoms with E-state index in [4.69, 9.17) is 4.52 Å². The quantitative estimate of drug-likeness (QED) is 0.893. The number of aryl methyl sites for hydroxylation is 1. The molecule has 9 heteroatoms. The molecule has 2 heterocycles. The van der Waals surface area contributed by atoms with Crippen LogP contribution in [0.4, 0.5) is 13.2 Å². The van der Waals surface area contributed by atoms with Crippen molar-refractivity contribution in [2.75, 3.05) is 19.6 Å². The third kappa shape index (κ3) is 4.92. The summed E-state index contributed by atoms with van der Waals surface area (Å²) >= 11 is 0. The number of hydrogen-bond donors (Lipinski definition) is 1. The Morgan fingerprint density at radius 2 is 2.09 bits per heavy atom. The lowest BCUT2D eigenvalue weighted by molar-refractivity contribution is -0.141. The molecule has 0 saturated carbocycles. The Morgan fingerprint density at radius 1 is 1.43 bits per heavy atom. The fraction of sp³-hybridized carbons (Fsp3) is 0.786. The maximum Gasteiger partial charge on any atom is 0.405 e. The highest BCUT2D eigenvalue weighted by Gasteiger charge is 2.32. The zero-order valence-corrected chi connectivity index (χ0v) is 13.2. The van der Waals surface area contributed by atoms with Crippen LogP contribution in [0.15, 0.2) is 4.52 Å². The van der Waals surface area contributed by atoms with Gasteiger partial charge in [0.15, 0.2) is 5.82 Å². The van der Waals surface area contributed by atoms with Crippen molar-refractivity contribution in [3.8, 4) is 0 Å². The molecule has 130 valence electrons. The summed E-state index contributed by atoms with van der Waals surface area (Å²) in [5.74, 6) is 0.269. The molecule has 1 fully saturated rings. The molecule has 1 atom stereocenters. The molecule has 1 aliphatic rings. The predicted octanol–water partition coefficient (Wildman–Crippen LogP) is 2.08. The molecule has 1 aromatic rings. The summed E-state index contributed by atoms with van der Waals surface area (Å²) in [6.07, 6.45) is -2.65. The van der Waals surface area contributed by atoms with Crippen LogP contribution in [-0.2, 0) is 11.2 Å². The number of aromatic nitrogens is 2. The van der Waals surface area contributed by atoms with E-state index in [0.717, 1.165) is 0 Å². The maximum absolute atomic E-state index is 12.1. The second-order valence-electron chi connectivity index (χ2n) is 5.72. The van der Waals surface area contributed by atoms with Crippen LogP contribution in [0.25, 0.3) is 0 Å². The monoisotopic (exact) mass is 334 g/mol. The second-order valence-corrected chi connectivity index (χ2v) is 5.72. The van der Waals surface area contributed by atoms with Gasteiger partial charge in [0.25, 0.3) is 0 Å². The number of likely N-dealkylation sites (tertiary alicyclic amines) is 1. The largest absolute Gasteiger partial charge is 0.405 e. The molecule has 1 N–H and O–H groups in total. The third-order valence-electron chi connectivity index (χ3n) is 4.07. The molecule has 6 nitrogen and oxygen atoms in total. The van der Waals surface area contributed by atoms with Gasteiger partial charge in [0.05, 0.1) is 6.04 Å². The van der Waals surface area contributed by atoms with Gasteiger partial charge in [-0.05, 0) is 32.9 Å². The molecule has 0 spiro atoms. The normalized spacial score (nSPS) is 18.8. The number of nitrogens with zero attached hydrogens (tertiary/aromatic N) is 3. The number of amides is 1. The van der Waals surface area contributed by atoms with E-state index in [1.54, 1.807) is 0 Å². The second kappa shape index (κ2) is 7.29. The Kier molecular flexibility index (Phi) is 5.61. The van der Waals surface area contributed by atoms with Gasteiger partial charge in [-0.1, -0.05) is 12.1 Å². The van der Waals surface area contributed by atoms with Crippen molar-refractivity contribution in [3.63, 3.8) is 0 Å². The minimum absolute atomic E-state index is 0.0676. The molecule has 1 saturated heterocycles. The molecule has 2 rings (SSSR count). The van der Waals surface area contributed by atoms with Gasteiger partial charge in [-0.3, -0.25) is 9.69 Å². The Bertz CT molecular complexity index is 524. The van der Waals surface area contributed by atoms with Gasteiger partial charge in [-0.15, -0.1) is 0 Å². The van der Waals surface area contributed by atoms with E-state index in [9.17, 15) is 18.0 Å². The molecule has 1 aromatic heterocycles. The van der Waals surface area contributed by atoms with E-state index in [2.05, 4.69) is 15.0 Å². The molecule has 0 bridgehead atoms. The van der Waals surface area contributed by atoms with Crippen LogP contribution >= 0.6 is 0 Å². The van der Waals surface area contributed by atoms with Crippen molar-refractivity contribution < 1.29 is 22.5 Å². The van der Waals surface area contributed by atoms with Crippen LogP contribution in [0.5, 0.6) is 0 Å². The van der Waals surface area contributed by atoms with Crippen molar-refractivity contribution in [3.05, 3.63) is 11.7 Å². The highest BCUT2D eigenvalue weighted by molar-refractivity contribution is 5.78. The molecular formula is C14H21F3N4O2. The van der Waals surface area contributed by atoms with E-state index < -0.39 is 18.6 Å². The van der Waals surface area contributed by atoms with Gasteiger partial charge in [-0.25, -0.2) is 0 Å². The fourth-order valence-electron chi connectivity index (χ4n) is 2.62. The standard InChI is InChI=1S/C14H21F3N4O2/c1-3-11-19-13(23-20-11)9(2)21-6-4-10(5-7-21)12(22)18-8-14(15,16)17/h9-10H,3-8H2,1-2H3,(H,18,22). The number of carbonyl (C=O) groups excluding carboxylic acids is 1. The Morgan fingerprint density at radius 3 is 2.61 bits per heavy atom. The van der Waals surface area contributed by atoms with Gasteiger partial charge in [0.1, 0.15) is 6.54 Å². The number of hydrogen-bond acceptors (Lipinski definition) is 5. The molecule has 0 aromatic carbocycles. The molecule has 0 aliphatic carbocycles. The minimum atomic E-state index is -4.38. The number of rotatable bonds is 5. The van der Waals surface area contributed by atoms with Gasteiger partial charge in [-0.2, -0.15) is 18.2 Å². The summed E-state index contributed by atoms with van der Waals surface area (Å²) in [5, 5.41) is 5.81. The van der Waals surface area contributed by atoms with Crippen LogP contribution in [-0.4, -0.2) is 46.8 Å². The molecule has 23 heavy (non-hydrogen) atoms. The van der Waals surface area contributed by atoms with E-state index in [1.165, 1.54) is 0 Å². The predicted molar refractivity (Wildman–Crippen MR) is 75.5 cm³/mol. The van der Waals surface area contributed by atoms with Crippen LogP contribution < -0.4 is 5.32 Å². The van der Waals surface area contributed by atoms with Crippen molar-refractivity contribution in [2.45, 2.75) is 45.3 Å². The topological polar surface area (TPSA) is 71.3 Å². The molecule has 1 aliphatic heterocycles. The Labute approximate surface area is 132 Å². The number of halogens is 3. The summed E-state index contributed by atoms with van der Waals surface area (Å²) in [6, 6.07) is -0.0676. The first-order chi connectivity index (χ1) is 10.8. The van der Waals surface area contributed by atoms with Crippen LogP contribution in [0, 0.1) is 5.92 Å². The number of piperidine rings is 1. The Balaban J connectivity index is 1.82. The Hall–Kier alpha value is -1.64. The van der Waals surface area contributed by atoms with Crippen LogP contribution in [0.3, 0.4) is 0 Å². The zero-order chi connectivity index (χ0) is 17.0. The average molecular weight is 334 g/mol. The summed E-state index contributed by atoms with van der Waals surface area (Å²) in [5.41, 5.74) is 0. The van der Waals surface area contributed by atoms with E-state index >= 15 is 0 Å². The van der Waals surface area contributed by atoms with Crippen molar-refractivity contribution in [1.29, 1.82) is 0 Å². The molecule has 1 unspecified atom stereocenters. The summed E-state index contributed by atoms with van der Waals surface area (Å²) in [7, 11) is 0. The van der Waals surface area contributed by atoms with Gasteiger partial charge in [0.2, 0.25) is 11.8 Å². The van der Waals surface area contributed by atoms with Crippen molar-refractivity contribution >= 4 is 5.91 Å². The van der Waals surface area contributed by atoms with E-state index in [1.807, 2.05) is 19.2 Å². The maximum atomic E-state index is 12.1. The first-order valence-electron chi connectivity index (χ1n) is 7.71. The lowest BCUT2D eigenvalue weighted by Gasteiger charge is -2.33. The van der Waals surface area contributed by atoms with Crippen molar-refractivity contribution in [2.24, 2.45) is 5.92 Å². The van der Waals surface area contributed by atoms with Gasteiger partial charge < -0.3 is 9.84 Å². The highest BCUT2D eigenvalue weighted by Crippen LogP contribution is 2.26. The molecule has 0 radical (unpaired) electrons. The number of nitrogens with one attached hydrogen (secondary N) is 1. The van der Waals surface area contributed by atoms with E-state index in [-0.39, 0.29) is 12.0 Å². The van der Waals surface area contributed by atoms with Crippen molar-refractivity contribution in [1.82, 2.24) is 20.4 Å². The zero-order valence-electron chi connectivity index (χ0n) is 13.2. The van der Waals surface area contributed by atoms with Gasteiger partial charge in [0, 0.05) is 12.3 Å². The number of alkyl halides is 3. The number of carbonyl (C=O) groups is 1. The SMILES string of the molecule is CCc1noc(C(C)N2CCC(C(=O)NCC(F)(F)F)CC2)n1. The van der Waals surface area contributed by atoms with Gasteiger partial charge >= 0.3 is 6.18 Å². The minimum Gasteiger partial charge on any atom is -0.347 e. The summed E-state index contributed by atoms with van der Waals surface area (Å²) in [4.78, 5) is 18.2.